The minimum atomic E-state index is -4.77. The molecule has 0 spiro atoms. The van der Waals surface area contributed by atoms with E-state index in [4.69, 9.17) is 11.6 Å². The summed E-state index contributed by atoms with van der Waals surface area (Å²) < 4.78 is 54.3. The fraction of sp³-hybridized carbons (Fsp3) is 0.222. The van der Waals surface area contributed by atoms with Crippen molar-refractivity contribution in [2.24, 2.45) is 0 Å². The zero-order valence-corrected chi connectivity index (χ0v) is 8.62. The van der Waals surface area contributed by atoms with Crippen molar-refractivity contribution in [1.82, 2.24) is 0 Å². The maximum Gasteiger partial charge on any atom is 0.417 e. The fourth-order valence-corrected chi connectivity index (χ4v) is 1.31. The third-order valence-corrected chi connectivity index (χ3v) is 2.16. The largest absolute Gasteiger partial charge is 0.465 e. The summed E-state index contributed by atoms with van der Waals surface area (Å²) in [5.41, 5.74) is -1.97. The maximum atomic E-state index is 13.3. The van der Waals surface area contributed by atoms with Crippen LogP contribution in [0.5, 0.6) is 0 Å². The van der Waals surface area contributed by atoms with Crippen LogP contribution in [-0.4, -0.2) is 13.1 Å². The van der Waals surface area contributed by atoms with Crippen molar-refractivity contribution >= 4 is 17.6 Å². The lowest BCUT2D eigenvalue weighted by Gasteiger charge is -2.10. The van der Waals surface area contributed by atoms with Crippen LogP contribution in [0.25, 0.3) is 0 Å². The monoisotopic (exact) mass is 256 g/mol. The Morgan fingerprint density at radius 2 is 1.94 bits per heavy atom. The molecule has 0 fully saturated rings. The van der Waals surface area contributed by atoms with E-state index in [1.807, 2.05) is 0 Å². The molecule has 1 aromatic carbocycles. The number of rotatable bonds is 1. The number of benzene rings is 1. The Kier molecular flexibility index (Phi) is 3.42. The molecule has 2 nitrogen and oxygen atoms in total. The molecule has 0 radical (unpaired) electrons. The lowest BCUT2D eigenvalue weighted by molar-refractivity contribution is -0.137. The molecule has 0 saturated carbocycles. The smallest absolute Gasteiger partial charge is 0.417 e. The zero-order valence-electron chi connectivity index (χ0n) is 7.86. The van der Waals surface area contributed by atoms with E-state index in [0.29, 0.717) is 12.1 Å². The van der Waals surface area contributed by atoms with Crippen LogP contribution in [-0.2, 0) is 10.9 Å². The third kappa shape index (κ3) is 2.27. The maximum absolute atomic E-state index is 13.3. The number of carbonyl (C=O) groups is 1. The van der Waals surface area contributed by atoms with Crippen LogP contribution in [0.4, 0.5) is 17.6 Å². The molecule has 0 aromatic heterocycles. The number of hydrogen-bond donors (Lipinski definition) is 0. The van der Waals surface area contributed by atoms with Gasteiger partial charge in [-0.2, -0.15) is 13.2 Å². The molecule has 88 valence electrons. The molecule has 0 aliphatic rings. The minimum absolute atomic E-state index is 0.525. The molecule has 0 aliphatic carbocycles. The normalized spacial score (nSPS) is 11.4. The molecule has 0 aliphatic heterocycles. The second-order valence-electron chi connectivity index (χ2n) is 2.78. The first-order valence-electron chi connectivity index (χ1n) is 3.92. The molecule has 0 unspecified atom stereocenters. The highest BCUT2D eigenvalue weighted by molar-refractivity contribution is 6.32. The second kappa shape index (κ2) is 4.29. The van der Waals surface area contributed by atoms with E-state index in [0.717, 1.165) is 7.11 Å². The Labute approximate surface area is 92.8 Å². The number of ether oxygens (including phenoxy) is 1. The summed E-state index contributed by atoms with van der Waals surface area (Å²) in [5.74, 6) is -2.53. The SMILES string of the molecule is COC(=O)c1ccc(C(F)(F)F)c(Cl)c1F. The molecular weight excluding hydrogens is 252 g/mol. The zero-order chi connectivity index (χ0) is 12.5. The van der Waals surface area contributed by atoms with Gasteiger partial charge in [0.1, 0.15) is 0 Å². The summed E-state index contributed by atoms with van der Waals surface area (Å²) in [7, 11) is 0.980. The van der Waals surface area contributed by atoms with Gasteiger partial charge in [-0.1, -0.05) is 11.6 Å². The second-order valence-corrected chi connectivity index (χ2v) is 3.16. The standard InChI is InChI=1S/C9H5ClF4O2/c1-16-8(15)4-2-3-5(9(12,13)14)6(10)7(4)11/h2-3H,1H3. The van der Waals surface area contributed by atoms with E-state index >= 15 is 0 Å². The van der Waals surface area contributed by atoms with Crippen LogP contribution in [0.2, 0.25) is 5.02 Å². The first-order chi connectivity index (χ1) is 7.29. The van der Waals surface area contributed by atoms with Crippen LogP contribution in [0.15, 0.2) is 12.1 Å². The van der Waals surface area contributed by atoms with Gasteiger partial charge in [-0.25, -0.2) is 9.18 Å². The Bertz CT molecular complexity index is 428. The summed E-state index contributed by atoms with van der Waals surface area (Å²) in [4.78, 5) is 10.9. The molecule has 7 heteroatoms. The van der Waals surface area contributed by atoms with E-state index < -0.39 is 34.1 Å². The van der Waals surface area contributed by atoms with Gasteiger partial charge in [0.15, 0.2) is 5.82 Å². The van der Waals surface area contributed by atoms with Crippen molar-refractivity contribution < 1.29 is 27.1 Å². The molecule has 16 heavy (non-hydrogen) atoms. The number of methoxy groups -OCH3 is 1. The van der Waals surface area contributed by atoms with Gasteiger partial charge >= 0.3 is 12.1 Å². The van der Waals surface area contributed by atoms with Crippen LogP contribution < -0.4 is 0 Å². The van der Waals surface area contributed by atoms with Crippen molar-refractivity contribution in [2.45, 2.75) is 6.18 Å². The summed E-state index contributed by atoms with van der Waals surface area (Å²) in [6.45, 7) is 0. The highest BCUT2D eigenvalue weighted by Crippen LogP contribution is 2.36. The van der Waals surface area contributed by atoms with Gasteiger partial charge in [0.2, 0.25) is 0 Å². The van der Waals surface area contributed by atoms with E-state index in [-0.39, 0.29) is 0 Å². The molecule has 0 bridgehead atoms. The van der Waals surface area contributed by atoms with Crippen LogP contribution in [0.1, 0.15) is 15.9 Å². The topological polar surface area (TPSA) is 26.3 Å². The summed E-state index contributed by atoms with van der Waals surface area (Å²) >= 11 is 5.18. The first-order valence-corrected chi connectivity index (χ1v) is 4.30. The average Bonchev–Trinajstić information content (AvgIpc) is 2.19. The predicted molar refractivity (Wildman–Crippen MR) is 47.8 cm³/mol. The predicted octanol–water partition coefficient (Wildman–Crippen LogP) is 3.28. The Morgan fingerprint density at radius 1 is 1.38 bits per heavy atom. The van der Waals surface area contributed by atoms with Crippen LogP contribution in [0, 0.1) is 5.82 Å². The lowest BCUT2D eigenvalue weighted by Crippen LogP contribution is -2.11. The number of hydrogen-bond acceptors (Lipinski definition) is 2. The van der Waals surface area contributed by atoms with Crippen molar-refractivity contribution in [2.75, 3.05) is 7.11 Å². The fourth-order valence-electron chi connectivity index (χ4n) is 1.04. The van der Waals surface area contributed by atoms with E-state index in [2.05, 4.69) is 4.74 Å². The molecule has 0 heterocycles. The summed E-state index contributed by atoms with van der Waals surface area (Å²) in [6, 6.07) is 1.20. The summed E-state index contributed by atoms with van der Waals surface area (Å²) in [6.07, 6.45) is -4.77. The Morgan fingerprint density at radius 3 is 2.38 bits per heavy atom. The number of carbonyl (C=O) groups excluding carboxylic acids is 1. The highest BCUT2D eigenvalue weighted by Gasteiger charge is 2.35. The molecule has 0 N–H and O–H groups in total. The van der Waals surface area contributed by atoms with Crippen molar-refractivity contribution in [3.63, 3.8) is 0 Å². The highest BCUT2D eigenvalue weighted by atomic mass is 35.5. The quantitative estimate of drug-likeness (QED) is 0.569. The van der Waals surface area contributed by atoms with Gasteiger partial charge in [-0.15, -0.1) is 0 Å². The van der Waals surface area contributed by atoms with E-state index in [1.54, 1.807) is 0 Å². The molecule has 0 atom stereocenters. The summed E-state index contributed by atoms with van der Waals surface area (Å²) in [5, 5.41) is -1.14. The molecule has 1 aromatic rings. The van der Waals surface area contributed by atoms with Crippen molar-refractivity contribution in [3.8, 4) is 0 Å². The van der Waals surface area contributed by atoms with E-state index in [9.17, 15) is 22.4 Å². The Hall–Kier alpha value is -1.30. The number of esters is 1. The first kappa shape index (κ1) is 12.8. The van der Waals surface area contributed by atoms with Crippen LogP contribution in [0.3, 0.4) is 0 Å². The number of halogens is 5. The van der Waals surface area contributed by atoms with Crippen LogP contribution >= 0.6 is 11.6 Å². The molecule has 0 saturated heterocycles. The van der Waals surface area contributed by atoms with Gasteiger partial charge in [0.25, 0.3) is 0 Å². The lowest BCUT2D eigenvalue weighted by atomic mass is 10.1. The van der Waals surface area contributed by atoms with Gasteiger partial charge in [-0.3, -0.25) is 0 Å². The molecule has 1 rings (SSSR count). The molecular formula is C9H5ClF4O2. The number of alkyl halides is 3. The van der Waals surface area contributed by atoms with E-state index in [1.165, 1.54) is 0 Å². The van der Waals surface area contributed by atoms with Gasteiger partial charge < -0.3 is 4.74 Å². The average molecular weight is 257 g/mol. The van der Waals surface area contributed by atoms with Crippen molar-refractivity contribution in [1.29, 1.82) is 0 Å². The molecule has 0 amide bonds. The third-order valence-electron chi connectivity index (χ3n) is 1.79. The van der Waals surface area contributed by atoms with Gasteiger partial charge in [0.05, 0.1) is 23.3 Å². The minimum Gasteiger partial charge on any atom is -0.465 e. The Balaban J connectivity index is 3.35. The van der Waals surface area contributed by atoms with Gasteiger partial charge in [-0.05, 0) is 12.1 Å². The van der Waals surface area contributed by atoms with Crippen molar-refractivity contribution in [3.05, 3.63) is 34.1 Å². The van der Waals surface area contributed by atoms with Gasteiger partial charge in [0, 0.05) is 0 Å².